The number of nitrogens with zero attached hydrogens (tertiary/aromatic N) is 2. The van der Waals surface area contributed by atoms with Crippen molar-refractivity contribution in [1.82, 2.24) is 9.88 Å². The highest BCUT2D eigenvalue weighted by Crippen LogP contribution is 2.45. The Morgan fingerprint density at radius 3 is 2.45 bits per heavy atom. The molecule has 2 aromatic heterocycles. The first-order chi connectivity index (χ1) is 13.9. The van der Waals surface area contributed by atoms with E-state index < -0.39 is 11.7 Å². The van der Waals surface area contributed by atoms with E-state index in [1.54, 1.807) is 11.3 Å². The number of aromatic nitrogens is 1. The predicted octanol–water partition coefficient (Wildman–Crippen LogP) is 5.04. The van der Waals surface area contributed by atoms with Crippen LogP contribution in [-0.2, 0) is 16.4 Å². The number of halogens is 3. The third-order valence-corrected chi connectivity index (χ3v) is 7.01. The molecule has 2 aromatic rings. The molecule has 1 aliphatic heterocycles. The molecular formula is C21H23F3N2O2S. The van der Waals surface area contributed by atoms with Gasteiger partial charge in [0.05, 0.1) is 11.0 Å². The quantitative estimate of drug-likeness (QED) is 0.690. The minimum Gasteiger partial charge on any atom is -0.474 e. The van der Waals surface area contributed by atoms with E-state index >= 15 is 0 Å². The van der Waals surface area contributed by atoms with Crippen LogP contribution in [0.15, 0.2) is 35.8 Å². The topological polar surface area (TPSA) is 42.4 Å². The summed E-state index contributed by atoms with van der Waals surface area (Å²) in [4.78, 5) is 20.3. The van der Waals surface area contributed by atoms with Crippen LogP contribution in [0.5, 0.6) is 5.88 Å². The smallest absolute Gasteiger partial charge is 0.417 e. The zero-order valence-electron chi connectivity index (χ0n) is 16.0. The number of pyridine rings is 1. The molecule has 29 heavy (non-hydrogen) atoms. The highest BCUT2D eigenvalue weighted by molar-refractivity contribution is 7.10. The van der Waals surface area contributed by atoms with Crippen LogP contribution in [0.1, 0.15) is 49.0 Å². The maximum atomic E-state index is 13.4. The summed E-state index contributed by atoms with van der Waals surface area (Å²) in [5, 5.41) is 2.03. The number of rotatable bonds is 4. The van der Waals surface area contributed by atoms with Crippen LogP contribution in [0, 0.1) is 0 Å². The van der Waals surface area contributed by atoms with Gasteiger partial charge in [-0.1, -0.05) is 18.9 Å². The molecule has 1 saturated heterocycles. The van der Waals surface area contributed by atoms with Crippen LogP contribution in [-0.4, -0.2) is 35.0 Å². The van der Waals surface area contributed by atoms with Crippen molar-refractivity contribution in [2.45, 2.75) is 56.2 Å². The zero-order valence-corrected chi connectivity index (χ0v) is 16.8. The van der Waals surface area contributed by atoms with Gasteiger partial charge in [-0.15, -0.1) is 11.3 Å². The summed E-state index contributed by atoms with van der Waals surface area (Å²) in [7, 11) is 0. The molecule has 4 rings (SSSR count). The fourth-order valence-electron chi connectivity index (χ4n) is 4.36. The second kappa shape index (κ2) is 7.97. The summed E-state index contributed by atoms with van der Waals surface area (Å²) in [5.74, 6) is 0.400. The molecule has 0 unspecified atom stereocenters. The number of ether oxygens (including phenoxy) is 1. The zero-order chi connectivity index (χ0) is 20.5. The van der Waals surface area contributed by atoms with E-state index in [2.05, 4.69) is 11.1 Å². The van der Waals surface area contributed by atoms with Gasteiger partial charge in [0.25, 0.3) is 0 Å². The van der Waals surface area contributed by atoms with Gasteiger partial charge in [0.2, 0.25) is 11.8 Å². The minimum absolute atomic E-state index is 0.149. The van der Waals surface area contributed by atoms with Gasteiger partial charge in [0.15, 0.2) is 0 Å². The first kappa shape index (κ1) is 20.2. The lowest BCUT2D eigenvalue weighted by atomic mass is 9.82. The largest absolute Gasteiger partial charge is 0.474 e. The molecule has 0 spiro atoms. The Morgan fingerprint density at radius 1 is 1.17 bits per heavy atom. The molecule has 0 bridgehead atoms. The van der Waals surface area contributed by atoms with Gasteiger partial charge >= 0.3 is 6.18 Å². The van der Waals surface area contributed by atoms with Gasteiger partial charge < -0.3 is 9.64 Å². The monoisotopic (exact) mass is 424 g/mol. The number of piperidine rings is 1. The third-order valence-electron chi connectivity index (χ3n) is 5.94. The molecule has 156 valence electrons. The predicted molar refractivity (Wildman–Crippen MR) is 104 cm³/mol. The molecule has 4 nitrogen and oxygen atoms in total. The second-order valence-electron chi connectivity index (χ2n) is 7.76. The third kappa shape index (κ3) is 4.13. The van der Waals surface area contributed by atoms with Crippen molar-refractivity contribution in [3.63, 3.8) is 0 Å². The number of alkyl halides is 3. The van der Waals surface area contributed by atoms with Crippen molar-refractivity contribution in [3.05, 3.63) is 46.3 Å². The molecule has 8 heteroatoms. The molecule has 2 fully saturated rings. The Morgan fingerprint density at radius 2 is 1.90 bits per heavy atom. The normalized spacial score (nSPS) is 20.0. The molecule has 0 aromatic carbocycles. The van der Waals surface area contributed by atoms with Crippen molar-refractivity contribution < 1.29 is 22.7 Å². The second-order valence-corrected chi connectivity index (χ2v) is 8.71. The van der Waals surface area contributed by atoms with Crippen LogP contribution in [0.4, 0.5) is 13.2 Å². The molecule has 1 aliphatic carbocycles. The Balaban J connectivity index is 1.36. The lowest BCUT2D eigenvalue weighted by Gasteiger charge is -2.38. The van der Waals surface area contributed by atoms with Gasteiger partial charge in [-0.2, -0.15) is 13.2 Å². The summed E-state index contributed by atoms with van der Waals surface area (Å²) in [6, 6.07) is 6.31. The molecule has 3 heterocycles. The van der Waals surface area contributed by atoms with Crippen LogP contribution < -0.4 is 4.74 Å². The summed E-state index contributed by atoms with van der Waals surface area (Å²) in [6.45, 7) is 1.19. The van der Waals surface area contributed by atoms with Crippen molar-refractivity contribution in [1.29, 1.82) is 0 Å². The number of thiophene rings is 1. The molecule has 1 amide bonds. The Bertz CT molecular complexity index is 823. The van der Waals surface area contributed by atoms with Gasteiger partial charge in [-0.3, -0.25) is 4.79 Å². The van der Waals surface area contributed by atoms with Crippen molar-refractivity contribution >= 4 is 17.2 Å². The van der Waals surface area contributed by atoms with E-state index in [1.807, 2.05) is 16.3 Å². The summed E-state index contributed by atoms with van der Waals surface area (Å²) in [6.07, 6.45) is 1.48. The van der Waals surface area contributed by atoms with Gasteiger partial charge in [0, 0.05) is 43.1 Å². The number of likely N-dealkylation sites (tertiary alicyclic amines) is 1. The average Bonchev–Trinajstić information content (AvgIpc) is 3.40. The fourth-order valence-corrected chi connectivity index (χ4v) is 5.34. The maximum absolute atomic E-state index is 13.4. The van der Waals surface area contributed by atoms with E-state index in [0.29, 0.717) is 25.9 Å². The first-order valence-electron chi connectivity index (χ1n) is 9.92. The van der Waals surface area contributed by atoms with Crippen LogP contribution in [0.25, 0.3) is 0 Å². The van der Waals surface area contributed by atoms with E-state index in [4.69, 9.17) is 4.74 Å². The summed E-state index contributed by atoms with van der Waals surface area (Å²) < 4.78 is 43.7. The maximum Gasteiger partial charge on any atom is 0.417 e. The molecular weight excluding hydrogens is 401 g/mol. The Kier molecular flexibility index (Phi) is 5.55. The fraction of sp³-hybridized carbons (Fsp3) is 0.524. The SMILES string of the molecule is O=C(N1CCC(Oc2ccc(C(F)(F)F)cn2)CC1)C1(c2cccs2)CCCC1. The van der Waals surface area contributed by atoms with Gasteiger partial charge in [0.1, 0.15) is 6.10 Å². The highest BCUT2D eigenvalue weighted by Gasteiger charge is 2.46. The lowest BCUT2D eigenvalue weighted by molar-refractivity contribution is -0.139. The van der Waals surface area contributed by atoms with Crippen molar-refractivity contribution in [3.8, 4) is 5.88 Å². The van der Waals surface area contributed by atoms with E-state index in [-0.39, 0.29) is 23.3 Å². The van der Waals surface area contributed by atoms with Gasteiger partial charge in [-0.25, -0.2) is 4.98 Å². The average molecular weight is 424 g/mol. The van der Waals surface area contributed by atoms with Crippen LogP contribution >= 0.6 is 11.3 Å². The standard InChI is InChI=1S/C21H23F3N2O2S/c22-21(23,24)15-5-6-18(25-14-15)28-16-7-11-26(12-8-16)19(27)20(9-1-2-10-20)17-4-3-13-29-17/h3-6,13-14,16H,1-2,7-12H2. The molecule has 0 radical (unpaired) electrons. The van der Waals surface area contributed by atoms with Crippen LogP contribution in [0.2, 0.25) is 0 Å². The Labute approximate surface area is 171 Å². The number of carbonyl (C=O) groups is 1. The molecule has 2 aliphatic rings. The summed E-state index contributed by atoms with van der Waals surface area (Å²) >= 11 is 1.66. The van der Waals surface area contributed by atoms with E-state index in [0.717, 1.165) is 42.8 Å². The Hall–Kier alpha value is -2.09. The first-order valence-corrected chi connectivity index (χ1v) is 10.8. The van der Waals surface area contributed by atoms with E-state index in [1.165, 1.54) is 6.07 Å². The number of hydrogen-bond acceptors (Lipinski definition) is 4. The molecule has 0 N–H and O–H groups in total. The lowest BCUT2D eigenvalue weighted by Crippen LogP contribution is -2.49. The highest BCUT2D eigenvalue weighted by atomic mass is 32.1. The molecule has 1 saturated carbocycles. The summed E-state index contributed by atoms with van der Waals surface area (Å²) in [5.41, 5.74) is -1.17. The molecule has 0 atom stereocenters. The minimum atomic E-state index is -4.41. The van der Waals surface area contributed by atoms with Gasteiger partial charge in [-0.05, 0) is 30.4 Å². The van der Waals surface area contributed by atoms with Crippen LogP contribution in [0.3, 0.4) is 0 Å². The number of hydrogen-bond donors (Lipinski definition) is 0. The number of carbonyl (C=O) groups excluding carboxylic acids is 1. The number of amides is 1. The van der Waals surface area contributed by atoms with Crippen molar-refractivity contribution in [2.75, 3.05) is 13.1 Å². The van der Waals surface area contributed by atoms with E-state index in [9.17, 15) is 18.0 Å². The van der Waals surface area contributed by atoms with Crippen molar-refractivity contribution in [2.24, 2.45) is 0 Å².